The van der Waals surface area contributed by atoms with Crippen molar-refractivity contribution in [3.8, 4) is 34.3 Å². The number of phenols is 2. The molecule has 0 aliphatic carbocycles. The lowest BCUT2D eigenvalue weighted by atomic mass is 9.83. The Morgan fingerprint density at radius 3 is 2.50 bits per heavy atom. The number of benzene rings is 3. The molecule has 0 saturated heterocycles. The van der Waals surface area contributed by atoms with Crippen molar-refractivity contribution in [3.63, 3.8) is 0 Å². The Hall–Kier alpha value is -4.52. The SMILES string of the molecule is O=C1CC(C2=Cc3ccccc3OC2)c2c(c(O)c(O)c3c(=O)cc(-c4ccccc4)oc23)O1. The van der Waals surface area contributed by atoms with Gasteiger partial charge < -0.3 is 24.1 Å². The Kier molecular flexibility index (Phi) is 4.45. The number of phenolic OH excluding ortho intramolecular Hbond substituents is 2. The lowest BCUT2D eigenvalue weighted by Gasteiger charge is -2.30. The second-order valence-electron chi connectivity index (χ2n) is 8.26. The number of hydrogen-bond donors (Lipinski definition) is 2. The maximum Gasteiger partial charge on any atom is 0.312 e. The van der Waals surface area contributed by atoms with Gasteiger partial charge in [-0.25, -0.2) is 0 Å². The van der Waals surface area contributed by atoms with Crippen LogP contribution in [0.1, 0.15) is 23.5 Å². The maximum atomic E-state index is 13.1. The number of fused-ring (bicyclic) bond motifs is 4. The molecule has 4 aromatic rings. The summed E-state index contributed by atoms with van der Waals surface area (Å²) in [6, 6.07) is 17.8. The first-order chi connectivity index (χ1) is 16.5. The van der Waals surface area contributed by atoms with Crippen LogP contribution in [0.2, 0.25) is 0 Å². The number of hydrogen-bond acceptors (Lipinski definition) is 7. The first-order valence-corrected chi connectivity index (χ1v) is 10.8. The average molecular weight is 454 g/mol. The van der Waals surface area contributed by atoms with Crippen LogP contribution in [-0.4, -0.2) is 22.8 Å². The van der Waals surface area contributed by atoms with Gasteiger partial charge in [0.25, 0.3) is 0 Å². The van der Waals surface area contributed by atoms with Gasteiger partial charge in [-0.05, 0) is 17.7 Å². The molecule has 3 aromatic carbocycles. The van der Waals surface area contributed by atoms with Gasteiger partial charge in [-0.15, -0.1) is 0 Å². The zero-order chi connectivity index (χ0) is 23.4. The predicted octanol–water partition coefficient (Wildman–Crippen LogP) is 4.74. The van der Waals surface area contributed by atoms with Crippen LogP contribution < -0.4 is 14.9 Å². The molecule has 7 heteroatoms. The van der Waals surface area contributed by atoms with E-state index in [4.69, 9.17) is 13.9 Å². The Morgan fingerprint density at radius 1 is 0.912 bits per heavy atom. The van der Waals surface area contributed by atoms with Gasteiger partial charge in [0.2, 0.25) is 5.75 Å². The normalized spacial score (nSPS) is 16.8. The van der Waals surface area contributed by atoms with E-state index in [-0.39, 0.29) is 29.7 Å². The van der Waals surface area contributed by atoms with Crippen LogP contribution in [0.4, 0.5) is 0 Å². The molecule has 1 unspecified atom stereocenters. The zero-order valence-corrected chi connectivity index (χ0v) is 17.8. The summed E-state index contributed by atoms with van der Waals surface area (Å²) in [5.41, 5.74) is 2.15. The number of carbonyl (C=O) groups excluding carboxylic acids is 1. The predicted molar refractivity (Wildman–Crippen MR) is 124 cm³/mol. The van der Waals surface area contributed by atoms with E-state index in [0.717, 1.165) is 16.9 Å². The van der Waals surface area contributed by atoms with Gasteiger partial charge in [-0.1, -0.05) is 48.5 Å². The molecule has 3 heterocycles. The number of rotatable bonds is 2. The van der Waals surface area contributed by atoms with Crippen molar-refractivity contribution < 1.29 is 28.9 Å². The second kappa shape index (κ2) is 7.52. The highest BCUT2D eigenvalue weighted by Crippen LogP contribution is 2.52. The first-order valence-electron chi connectivity index (χ1n) is 10.8. The fraction of sp³-hybridized carbons (Fsp3) is 0.111. The van der Waals surface area contributed by atoms with Gasteiger partial charge in [0.05, 0.1) is 12.0 Å². The van der Waals surface area contributed by atoms with E-state index in [1.807, 2.05) is 48.5 Å². The summed E-state index contributed by atoms with van der Waals surface area (Å²) in [7, 11) is 0. The van der Waals surface area contributed by atoms with Crippen molar-refractivity contribution in [2.24, 2.45) is 0 Å². The quantitative estimate of drug-likeness (QED) is 0.256. The minimum absolute atomic E-state index is 0.0387. The van der Waals surface area contributed by atoms with Crippen LogP contribution in [0.3, 0.4) is 0 Å². The van der Waals surface area contributed by atoms with Crippen LogP contribution in [0.25, 0.3) is 28.4 Å². The molecule has 0 fully saturated rings. The topological polar surface area (TPSA) is 106 Å². The Morgan fingerprint density at radius 2 is 1.68 bits per heavy atom. The molecular weight excluding hydrogens is 436 g/mol. The van der Waals surface area contributed by atoms with E-state index in [2.05, 4.69) is 0 Å². The van der Waals surface area contributed by atoms with E-state index in [1.165, 1.54) is 6.07 Å². The monoisotopic (exact) mass is 454 g/mol. The Bertz CT molecular complexity index is 1560. The van der Waals surface area contributed by atoms with Crippen molar-refractivity contribution in [3.05, 3.63) is 87.6 Å². The molecule has 34 heavy (non-hydrogen) atoms. The minimum atomic E-state index is -0.685. The highest BCUT2D eigenvalue weighted by molar-refractivity contribution is 5.96. The Labute approximate surface area is 193 Å². The molecular formula is C27H18O7. The minimum Gasteiger partial charge on any atom is -0.504 e. The standard InChI is InChI=1S/C27H18O7/c28-18-12-20(14-6-2-1-3-7-14)33-26-22-17(16-10-15-8-4-5-9-19(15)32-13-16)11-21(29)34-27(22)25(31)24(30)23(18)26/h1-10,12,17,30-31H,11,13H2. The summed E-state index contributed by atoms with van der Waals surface area (Å²) >= 11 is 0. The van der Waals surface area contributed by atoms with E-state index >= 15 is 0 Å². The second-order valence-corrected chi connectivity index (χ2v) is 8.26. The Balaban J connectivity index is 1.65. The van der Waals surface area contributed by atoms with Crippen LogP contribution in [-0.2, 0) is 4.79 Å². The molecule has 0 spiro atoms. The van der Waals surface area contributed by atoms with Crippen LogP contribution in [0.5, 0.6) is 23.0 Å². The van der Waals surface area contributed by atoms with Crippen molar-refractivity contribution in [1.29, 1.82) is 0 Å². The molecule has 7 nitrogen and oxygen atoms in total. The molecule has 2 N–H and O–H groups in total. The van der Waals surface area contributed by atoms with Crippen molar-refractivity contribution in [2.45, 2.75) is 12.3 Å². The van der Waals surface area contributed by atoms with Gasteiger partial charge in [-0.2, -0.15) is 0 Å². The average Bonchev–Trinajstić information content (AvgIpc) is 2.86. The van der Waals surface area contributed by atoms with Crippen molar-refractivity contribution in [2.75, 3.05) is 6.61 Å². The lowest BCUT2D eigenvalue weighted by molar-refractivity contribution is -0.135. The molecule has 0 saturated carbocycles. The third-order valence-corrected chi connectivity index (χ3v) is 6.21. The van der Waals surface area contributed by atoms with Gasteiger partial charge >= 0.3 is 5.97 Å². The molecule has 1 aromatic heterocycles. The molecule has 1 atom stereocenters. The van der Waals surface area contributed by atoms with E-state index < -0.39 is 28.8 Å². The highest BCUT2D eigenvalue weighted by atomic mass is 16.5. The van der Waals surface area contributed by atoms with Gasteiger partial charge in [0.15, 0.2) is 16.9 Å². The van der Waals surface area contributed by atoms with Gasteiger partial charge in [-0.3, -0.25) is 9.59 Å². The summed E-state index contributed by atoms with van der Waals surface area (Å²) in [5.74, 6) is -1.71. The third-order valence-electron chi connectivity index (χ3n) is 6.21. The van der Waals surface area contributed by atoms with Crippen molar-refractivity contribution >= 4 is 23.0 Å². The molecule has 0 radical (unpaired) electrons. The number of para-hydroxylation sites is 1. The first kappa shape index (κ1) is 20.1. The van der Waals surface area contributed by atoms with Crippen LogP contribution in [0, 0.1) is 0 Å². The molecule has 2 aliphatic rings. The number of esters is 1. The number of aromatic hydroxyl groups is 2. The number of ether oxygens (including phenoxy) is 2. The zero-order valence-electron chi connectivity index (χ0n) is 17.8. The van der Waals surface area contributed by atoms with Gasteiger partial charge in [0.1, 0.15) is 29.1 Å². The summed E-state index contributed by atoms with van der Waals surface area (Å²) in [6.07, 6.45) is 1.89. The summed E-state index contributed by atoms with van der Waals surface area (Å²) < 4.78 is 17.4. The smallest absolute Gasteiger partial charge is 0.312 e. The molecule has 0 bridgehead atoms. The number of carbonyl (C=O) groups is 1. The fourth-order valence-electron chi connectivity index (χ4n) is 4.60. The highest BCUT2D eigenvalue weighted by Gasteiger charge is 2.38. The third kappa shape index (κ3) is 3.05. The van der Waals surface area contributed by atoms with Gasteiger partial charge in [0, 0.05) is 23.1 Å². The molecule has 2 aliphatic heterocycles. The molecule has 0 amide bonds. The largest absolute Gasteiger partial charge is 0.504 e. The fourth-order valence-corrected chi connectivity index (χ4v) is 4.60. The molecule has 168 valence electrons. The van der Waals surface area contributed by atoms with E-state index in [1.54, 1.807) is 12.1 Å². The van der Waals surface area contributed by atoms with Crippen LogP contribution in [0.15, 0.2) is 75.4 Å². The summed E-state index contributed by atoms with van der Waals surface area (Å²) in [5, 5.41) is 21.1. The molecule has 6 rings (SSSR count). The van der Waals surface area contributed by atoms with Crippen molar-refractivity contribution in [1.82, 2.24) is 0 Å². The van der Waals surface area contributed by atoms with E-state index in [9.17, 15) is 19.8 Å². The maximum absolute atomic E-state index is 13.1. The lowest BCUT2D eigenvalue weighted by Crippen LogP contribution is -2.25. The van der Waals surface area contributed by atoms with Crippen LogP contribution >= 0.6 is 0 Å². The summed E-state index contributed by atoms with van der Waals surface area (Å²) in [6.45, 7) is 0.208. The summed E-state index contributed by atoms with van der Waals surface area (Å²) in [4.78, 5) is 25.6. The van der Waals surface area contributed by atoms with E-state index in [0.29, 0.717) is 16.9 Å².